The quantitative estimate of drug-likeness (QED) is 0.254. The molecule has 188 valence electrons. The fraction of sp³-hybridized carbons (Fsp3) is 0.160. The minimum Gasteiger partial charge on any atom is -0.454 e. The molecule has 1 unspecified atom stereocenters. The van der Waals surface area contributed by atoms with Gasteiger partial charge in [0.15, 0.2) is 11.5 Å². The average Bonchev–Trinajstić information content (AvgIpc) is 3.46. The number of hydrogen-bond acceptors (Lipinski definition) is 7. The van der Waals surface area contributed by atoms with Crippen molar-refractivity contribution in [2.75, 3.05) is 11.7 Å². The van der Waals surface area contributed by atoms with Gasteiger partial charge in [-0.25, -0.2) is 4.90 Å². The number of halogens is 2. The van der Waals surface area contributed by atoms with Crippen molar-refractivity contribution in [2.24, 2.45) is 0 Å². The van der Waals surface area contributed by atoms with Crippen molar-refractivity contribution in [3.05, 3.63) is 92.0 Å². The molecule has 12 heteroatoms. The number of nitro benzene ring substituents is 1. The zero-order chi connectivity index (χ0) is 26.3. The number of nitro groups is 1. The first-order valence-electron chi connectivity index (χ1n) is 11.0. The van der Waals surface area contributed by atoms with Crippen molar-refractivity contribution in [1.82, 2.24) is 4.90 Å². The number of ether oxygens (including phenoxy) is 2. The van der Waals surface area contributed by atoms with E-state index in [-0.39, 0.29) is 30.3 Å². The Labute approximate surface area is 220 Å². The van der Waals surface area contributed by atoms with E-state index in [4.69, 9.17) is 32.7 Å². The summed E-state index contributed by atoms with van der Waals surface area (Å²) in [7, 11) is 0. The minimum absolute atomic E-state index is 0.0537. The van der Waals surface area contributed by atoms with Gasteiger partial charge in [0.2, 0.25) is 12.7 Å². The Morgan fingerprint density at radius 2 is 1.76 bits per heavy atom. The van der Waals surface area contributed by atoms with Crippen molar-refractivity contribution in [2.45, 2.75) is 19.0 Å². The van der Waals surface area contributed by atoms with Crippen LogP contribution in [0, 0.1) is 10.1 Å². The molecule has 2 aliphatic heterocycles. The van der Waals surface area contributed by atoms with E-state index in [1.54, 1.807) is 30.3 Å². The normalized spacial score (nSPS) is 16.3. The number of anilines is 1. The van der Waals surface area contributed by atoms with E-state index >= 15 is 0 Å². The summed E-state index contributed by atoms with van der Waals surface area (Å²) in [4.78, 5) is 53.0. The second kappa shape index (κ2) is 9.72. The SMILES string of the molecule is O=C1CC(N(Cc2ccc3c(c2)OCO3)C(=O)c2ccc(Cl)c([N+](=O)[O-])c2)C(=O)N1c1ccc(Cl)cc1. The molecule has 1 saturated heterocycles. The van der Waals surface area contributed by atoms with Crippen LogP contribution < -0.4 is 14.4 Å². The molecule has 1 atom stereocenters. The lowest BCUT2D eigenvalue weighted by atomic mass is 10.1. The molecule has 0 aromatic heterocycles. The summed E-state index contributed by atoms with van der Waals surface area (Å²) in [6.45, 7) is -0.0222. The largest absolute Gasteiger partial charge is 0.454 e. The molecule has 0 aliphatic carbocycles. The second-order valence-electron chi connectivity index (χ2n) is 8.31. The summed E-state index contributed by atoms with van der Waals surface area (Å²) in [5, 5.41) is 11.7. The van der Waals surface area contributed by atoms with Crippen LogP contribution in [0.3, 0.4) is 0 Å². The summed E-state index contributed by atoms with van der Waals surface area (Å²) < 4.78 is 10.7. The fourth-order valence-electron chi connectivity index (χ4n) is 4.23. The van der Waals surface area contributed by atoms with E-state index in [0.717, 1.165) is 11.0 Å². The van der Waals surface area contributed by atoms with Crippen LogP contribution in [0.1, 0.15) is 22.3 Å². The third-order valence-electron chi connectivity index (χ3n) is 6.02. The van der Waals surface area contributed by atoms with Gasteiger partial charge in [0.05, 0.1) is 17.0 Å². The molecule has 3 amide bonds. The maximum atomic E-state index is 13.7. The summed E-state index contributed by atoms with van der Waals surface area (Å²) in [5.41, 5.74) is 0.417. The molecule has 3 aromatic rings. The van der Waals surface area contributed by atoms with E-state index in [1.807, 2.05) is 0 Å². The highest BCUT2D eigenvalue weighted by atomic mass is 35.5. The van der Waals surface area contributed by atoms with Crippen LogP contribution in [0.4, 0.5) is 11.4 Å². The predicted octanol–water partition coefficient (Wildman–Crippen LogP) is 4.60. The molecule has 0 radical (unpaired) electrons. The van der Waals surface area contributed by atoms with Gasteiger partial charge < -0.3 is 14.4 Å². The van der Waals surface area contributed by atoms with Crippen LogP contribution in [0.15, 0.2) is 60.7 Å². The number of benzene rings is 3. The molecular weight excluding hydrogens is 525 g/mol. The van der Waals surface area contributed by atoms with Gasteiger partial charge in [0, 0.05) is 23.2 Å². The van der Waals surface area contributed by atoms with Gasteiger partial charge in [0.25, 0.3) is 17.5 Å². The molecule has 2 aliphatic rings. The molecule has 3 aromatic carbocycles. The maximum Gasteiger partial charge on any atom is 0.288 e. The monoisotopic (exact) mass is 541 g/mol. The number of amides is 3. The van der Waals surface area contributed by atoms with E-state index in [1.165, 1.54) is 29.2 Å². The molecule has 1 fully saturated rings. The number of carbonyl (C=O) groups is 3. The smallest absolute Gasteiger partial charge is 0.288 e. The summed E-state index contributed by atoms with van der Waals surface area (Å²) >= 11 is 11.9. The van der Waals surface area contributed by atoms with Gasteiger partial charge in [-0.15, -0.1) is 0 Å². The summed E-state index contributed by atoms with van der Waals surface area (Å²) in [6, 6.07) is 13.7. The highest BCUT2D eigenvalue weighted by molar-refractivity contribution is 6.33. The van der Waals surface area contributed by atoms with Crippen molar-refractivity contribution >= 4 is 52.3 Å². The van der Waals surface area contributed by atoms with E-state index in [9.17, 15) is 24.5 Å². The number of fused-ring (bicyclic) bond motifs is 1. The van der Waals surface area contributed by atoms with Crippen molar-refractivity contribution in [3.63, 3.8) is 0 Å². The molecule has 10 nitrogen and oxygen atoms in total. The van der Waals surface area contributed by atoms with Crippen molar-refractivity contribution in [3.8, 4) is 11.5 Å². The Balaban J connectivity index is 1.52. The van der Waals surface area contributed by atoms with Gasteiger partial charge in [-0.2, -0.15) is 0 Å². The molecule has 5 rings (SSSR count). The Kier molecular flexibility index (Phi) is 6.45. The van der Waals surface area contributed by atoms with Crippen LogP contribution in [0.5, 0.6) is 11.5 Å². The third-order valence-corrected chi connectivity index (χ3v) is 6.60. The lowest BCUT2D eigenvalue weighted by molar-refractivity contribution is -0.384. The van der Waals surface area contributed by atoms with E-state index in [2.05, 4.69) is 0 Å². The van der Waals surface area contributed by atoms with Crippen LogP contribution in [0.2, 0.25) is 10.0 Å². The van der Waals surface area contributed by atoms with Gasteiger partial charge in [-0.3, -0.25) is 24.5 Å². The van der Waals surface area contributed by atoms with Crippen LogP contribution in [-0.2, 0) is 16.1 Å². The lowest BCUT2D eigenvalue weighted by Crippen LogP contribution is -2.45. The number of nitrogens with zero attached hydrogens (tertiary/aromatic N) is 3. The Hall–Kier alpha value is -4.15. The van der Waals surface area contributed by atoms with E-state index in [0.29, 0.717) is 27.8 Å². The fourth-order valence-corrected chi connectivity index (χ4v) is 4.54. The Bertz CT molecular complexity index is 1440. The zero-order valence-corrected chi connectivity index (χ0v) is 20.4. The lowest BCUT2D eigenvalue weighted by Gasteiger charge is -2.28. The van der Waals surface area contributed by atoms with Crippen molar-refractivity contribution in [1.29, 1.82) is 0 Å². The number of hydrogen-bond donors (Lipinski definition) is 0. The topological polar surface area (TPSA) is 119 Å². The molecule has 0 bridgehead atoms. The summed E-state index contributed by atoms with van der Waals surface area (Å²) in [5.74, 6) is -0.769. The molecule has 0 N–H and O–H groups in total. The molecule has 37 heavy (non-hydrogen) atoms. The van der Waals surface area contributed by atoms with E-state index < -0.39 is 34.4 Å². The number of rotatable bonds is 6. The number of carbonyl (C=O) groups excluding carboxylic acids is 3. The third kappa shape index (κ3) is 4.68. The molecule has 2 heterocycles. The molecular formula is C25H17Cl2N3O7. The first kappa shape index (κ1) is 24.5. The van der Waals surface area contributed by atoms with Gasteiger partial charge in [-0.1, -0.05) is 29.3 Å². The second-order valence-corrected chi connectivity index (χ2v) is 9.15. The number of imide groups is 1. The first-order chi connectivity index (χ1) is 17.7. The Morgan fingerprint density at radius 1 is 1.03 bits per heavy atom. The molecule has 0 spiro atoms. The zero-order valence-electron chi connectivity index (χ0n) is 18.9. The minimum atomic E-state index is -1.16. The van der Waals surface area contributed by atoms with Gasteiger partial charge in [-0.05, 0) is 54.1 Å². The van der Waals surface area contributed by atoms with Crippen LogP contribution >= 0.6 is 23.2 Å². The van der Waals surface area contributed by atoms with Crippen molar-refractivity contribution < 1.29 is 28.8 Å². The predicted molar refractivity (Wildman–Crippen MR) is 133 cm³/mol. The summed E-state index contributed by atoms with van der Waals surface area (Å²) in [6.07, 6.45) is -0.270. The van der Waals surface area contributed by atoms with Crippen LogP contribution in [0.25, 0.3) is 0 Å². The van der Waals surface area contributed by atoms with Gasteiger partial charge in [0.1, 0.15) is 11.1 Å². The highest BCUT2D eigenvalue weighted by Crippen LogP contribution is 2.35. The average molecular weight is 542 g/mol. The first-order valence-corrected chi connectivity index (χ1v) is 11.7. The van der Waals surface area contributed by atoms with Gasteiger partial charge >= 0.3 is 0 Å². The maximum absolute atomic E-state index is 13.7. The Morgan fingerprint density at radius 3 is 2.49 bits per heavy atom. The highest BCUT2D eigenvalue weighted by Gasteiger charge is 2.44. The molecule has 0 saturated carbocycles. The standard InChI is InChI=1S/C25H17Cl2N3O7/c26-16-3-5-17(6-4-16)29-23(31)11-20(25(29)33)28(12-14-1-8-21-22(9-14)37-13-36-21)24(32)15-2-7-18(27)19(10-15)30(34)35/h1-10,20H,11-13H2. The van der Waals surface area contributed by atoms with Crippen LogP contribution in [-0.4, -0.2) is 40.4 Å².